The van der Waals surface area contributed by atoms with Crippen LogP contribution in [0.1, 0.15) is 75.8 Å². The molecular formula is C31H42N2O5. The molecule has 0 aliphatic heterocycles. The molecule has 0 amide bonds. The summed E-state index contributed by atoms with van der Waals surface area (Å²) in [7, 11) is 0. The van der Waals surface area contributed by atoms with Gasteiger partial charge in [0.1, 0.15) is 5.75 Å². The van der Waals surface area contributed by atoms with Gasteiger partial charge in [0.05, 0.1) is 18.6 Å². The van der Waals surface area contributed by atoms with E-state index in [1.807, 2.05) is 12.1 Å². The number of hydrogen-bond acceptors (Lipinski definition) is 7. The van der Waals surface area contributed by atoms with Gasteiger partial charge in [-0.1, -0.05) is 44.7 Å². The van der Waals surface area contributed by atoms with Crippen LogP contribution in [0, 0.1) is 5.92 Å². The summed E-state index contributed by atoms with van der Waals surface area (Å²) in [6.45, 7) is 3.27. The van der Waals surface area contributed by atoms with Crippen LogP contribution >= 0.6 is 0 Å². The second kappa shape index (κ2) is 15.8. The largest absolute Gasteiger partial charge is 0.462 e. The average molecular weight is 523 g/mol. The number of nitrogens with two attached hydrogens (primary N) is 2. The smallest absolute Gasteiger partial charge is 0.330 e. The number of ether oxygens (including phenoxy) is 3. The van der Waals surface area contributed by atoms with E-state index in [1.165, 1.54) is 31.8 Å². The van der Waals surface area contributed by atoms with Crippen molar-refractivity contribution < 1.29 is 23.8 Å². The number of anilines is 2. The molecular weight excluding hydrogens is 480 g/mol. The van der Waals surface area contributed by atoms with E-state index in [0.29, 0.717) is 23.5 Å². The quantitative estimate of drug-likeness (QED) is 0.101. The summed E-state index contributed by atoms with van der Waals surface area (Å²) in [5, 5.41) is 0. The third-order valence-corrected chi connectivity index (χ3v) is 6.79. The molecule has 2 aromatic carbocycles. The first-order valence-electron chi connectivity index (χ1n) is 13.9. The molecule has 1 fully saturated rings. The van der Waals surface area contributed by atoms with E-state index in [0.717, 1.165) is 49.8 Å². The van der Waals surface area contributed by atoms with Gasteiger partial charge in [0.15, 0.2) is 0 Å². The molecule has 1 saturated carbocycles. The molecule has 0 atom stereocenters. The highest BCUT2D eigenvalue weighted by Crippen LogP contribution is 2.28. The number of rotatable bonds is 14. The van der Waals surface area contributed by atoms with Gasteiger partial charge in [0.25, 0.3) is 0 Å². The molecule has 0 aromatic heterocycles. The molecule has 2 aromatic rings. The predicted molar refractivity (Wildman–Crippen MR) is 151 cm³/mol. The Kier molecular flexibility index (Phi) is 12.2. The van der Waals surface area contributed by atoms with E-state index in [-0.39, 0.29) is 24.6 Å². The molecule has 0 radical (unpaired) electrons. The molecule has 1 aliphatic carbocycles. The number of unbranched alkanes of at least 4 members (excludes halogenated alkanes) is 4. The molecule has 0 saturated heterocycles. The number of hydrogen-bond donors (Lipinski definition) is 2. The van der Waals surface area contributed by atoms with Gasteiger partial charge < -0.3 is 25.7 Å². The fourth-order valence-electron chi connectivity index (χ4n) is 4.64. The Morgan fingerprint density at radius 2 is 1.58 bits per heavy atom. The van der Waals surface area contributed by atoms with Crippen LogP contribution in [0.4, 0.5) is 11.4 Å². The van der Waals surface area contributed by atoms with Gasteiger partial charge in [-0.2, -0.15) is 0 Å². The molecule has 206 valence electrons. The number of esters is 2. The maximum absolute atomic E-state index is 12.6. The number of carbonyl (C=O) groups excluding carboxylic acids is 2. The molecule has 38 heavy (non-hydrogen) atoms. The molecule has 0 heterocycles. The van der Waals surface area contributed by atoms with Crippen molar-refractivity contribution in [1.29, 1.82) is 0 Å². The zero-order chi connectivity index (χ0) is 27.2. The maximum Gasteiger partial charge on any atom is 0.330 e. The molecule has 7 heteroatoms. The van der Waals surface area contributed by atoms with Gasteiger partial charge in [-0.25, -0.2) is 4.79 Å². The van der Waals surface area contributed by atoms with Crippen molar-refractivity contribution >= 4 is 29.4 Å². The Balaban J connectivity index is 1.33. The Morgan fingerprint density at radius 1 is 0.895 bits per heavy atom. The van der Waals surface area contributed by atoms with Crippen LogP contribution in [0.3, 0.4) is 0 Å². The average Bonchev–Trinajstić information content (AvgIpc) is 2.90. The third-order valence-electron chi connectivity index (χ3n) is 6.79. The zero-order valence-corrected chi connectivity index (χ0v) is 22.5. The van der Waals surface area contributed by atoms with Crippen molar-refractivity contribution in [2.75, 3.05) is 24.7 Å². The van der Waals surface area contributed by atoms with Gasteiger partial charge >= 0.3 is 11.9 Å². The normalized spacial score (nSPS) is 17.4. The summed E-state index contributed by atoms with van der Waals surface area (Å²) in [5.74, 6) is -0.204. The SMILES string of the molecule is CCCCCCCOC1CCC(C(=O)Oc2ccc(C=CC(=O)OCCc3cc(N)cc(N)c3)cc2)CC1. The molecule has 3 rings (SSSR count). The molecule has 0 spiro atoms. The number of nitrogen functional groups attached to an aromatic ring is 2. The van der Waals surface area contributed by atoms with Gasteiger partial charge in [0.2, 0.25) is 0 Å². The molecule has 1 aliphatic rings. The van der Waals surface area contributed by atoms with Crippen molar-refractivity contribution in [3.05, 3.63) is 59.7 Å². The highest BCUT2D eigenvalue weighted by molar-refractivity contribution is 5.87. The number of carbonyl (C=O) groups is 2. The minimum atomic E-state index is -0.437. The highest BCUT2D eigenvalue weighted by atomic mass is 16.5. The fourth-order valence-corrected chi connectivity index (χ4v) is 4.64. The van der Waals surface area contributed by atoms with Crippen LogP contribution in [0.25, 0.3) is 6.08 Å². The molecule has 7 nitrogen and oxygen atoms in total. The predicted octanol–water partition coefficient (Wildman–Crippen LogP) is 6.10. The van der Waals surface area contributed by atoms with E-state index in [1.54, 1.807) is 36.4 Å². The fraction of sp³-hybridized carbons (Fsp3) is 0.484. The Morgan fingerprint density at radius 3 is 2.26 bits per heavy atom. The summed E-state index contributed by atoms with van der Waals surface area (Å²) in [5.41, 5.74) is 14.4. The first-order valence-corrected chi connectivity index (χ1v) is 13.9. The van der Waals surface area contributed by atoms with Crippen LogP contribution in [0.5, 0.6) is 5.75 Å². The maximum atomic E-state index is 12.6. The highest BCUT2D eigenvalue weighted by Gasteiger charge is 2.28. The number of benzene rings is 2. The van der Waals surface area contributed by atoms with Crippen LogP contribution < -0.4 is 16.2 Å². The summed E-state index contributed by atoms with van der Waals surface area (Å²) < 4.78 is 16.9. The Hall–Kier alpha value is -3.32. The molecule has 4 N–H and O–H groups in total. The second-order valence-corrected chi connectivity index (χ2v) is 10.0. The van der Waals surface area contributed by atoms with Crippen molar-refractivity contribution in [2.45, 2.75) is 77.2 Å². The zero-order valence-electron chi connectivity index (χ0n) is 22.5. The van der Waals surface area contributed by atoms with E-state index in [9.17, 15) is 9.59 Å². The van der Waals surface area contributed by atoms with Crippen LogP contribution in [0.15, 0.2) is 48.5 Å². The van der Waals surface area contributed by atoms with Gasteiger partial charge in [0, 0.05) is 30.5 Å². The lowest BCUT2D eigenvalue weighted by atomic mass is 9.87. The first kappa shape index (κ1) is 29.2. The monoisotopic (exact) mass is 522 g/mol. The molecule has 0 bridgehead atoms. The topological polar surface area (TPSA) is 114 Å². The lowest BCUT2D eigenvalue weighted by Gasteiger charge is -2.27. The summed E-state index contributed by atoms with van der Waals surface area (Å²) in [4.78, 5) is 24.6. The van der Waals surface area contributed by atoms with Gasteiger partial charge in [-0.05, 0) is 79.6 Å². The lowest BCUT2D eigenvalue weighted by Crippen LogP contribution is -2.29. The van der Waals surface area contributed by atoms with E-state index in [2.05, 4.69) is 6.92 Å². The van der Waals surface area contributed by atoms with Crippen LogP contribution in [-0.2, 0) is 25.5 Å². The van der Waals surface area contributed by atoms with E-state index in [4.69, 9.17) is 25.7 Å². The van der Waals surface area contributed by atoms with Crippen molar-refractivity contribution in [1.82, 2.24) is 0 Å². The molecule has 0 unspecified atom stereocenters. The summed E-state index contributed by atoms with van der Waals surface area (Å²) >= 11 is 0. The summed E-state index contributed by atoms with van der Waals surface area (Å²) in [6, 6.07) is 12.4. The lowest BCUT2D eigenvalue weighted by molar-refractivity contribution is -0.141. The standard InChI is InChI=1S/C31H42N2O5/c1-2-3-4-5-6-18-36-28-14-10-25(11-15-28)31(35)38-29-12-7-23(8-13-29)9-16-30(34)37-19-17-24-20-26(32)22-27(33)21-24/h7-9,12-13,16,20-22,25,28H,2-6,10-11,14-15,17-19,32-33H2,1H3. The first-order chi connectivity index (χ1) is 18.4. The van der Waals surface area contributed by atoms with Crippen molar-refractivity contribution in [3.8, 4) is 5.75 Å². The van der Waals surface area contributed by atoms with Crippen LogP contribution in [-0.4, -0.2) is 31.3 Å². The minimum Gasteiger partial charge on any atom is -0.462 e. The van der Waals surface area contributed by atoms with Crippen LogP contribution in [0.2, 0.25) is 0 Å². The van der Waals surface area contributed by atoms with Crippen molar-refractivity contribution in [2.24, 2.45) is 5.92 Å². The Labute approximate surface area is 226 Å². The third kappa shape index (κ3) is 10.6. The van der Waals surface area contributed by atoms with Crippen molar-refractivity contribution in [3.63, 3.8) is 0 Å². The van der Waals surface area contributed by atoms with Gasteiger partial charge in [-0.15, -0.1) is 0 Å². The minimum absolute atomic E-state index is 0.0856. The van der Waals surface area contributed by atoms with E-state index < -0.39 is 5.97 Å². The summed E-state index contributed by atoms with van der Waals surface area (Å²) in [6.07, 6.45) is 13.4. The van der Waals surface area contributed by atoms with E-state index >= 15 is 0 Å². The Bertz CT molecular complexity index is 1020. The van der Waals surface area contributed by atoms with Gasteiger partial charge in [-0.3, -0.25) is 4.79 Å². The second-order valence-electron chi connectivity index (χ2n) is 10.0.